The molecule has 0 spiro atoms. The molecule has 0 saturated carbocycles. The third-order valence-corrected chi connectivity index (χ3v) is 5.87. The topological polar surface area (TPSA) is 97.5 Å². The molecule has 2 aromatic carbocycles. The van der Waals surface area contributed by atoms with E-state index in [1.165, 1.54) is 19.3 Å². The molecule has 166 valence electrons. The first-order valence-electron chi connectivity index (χ1n) is 11.0. The second-order valence-electron chi connectivity index (χ2n) is 8.03. The van der Waals surface area contributed by atoms with Gasteiger partial charge in [0.15, 0.2) is 6.61 Å². The highest BCUT2D eigenvalue weighted by molar-refractivity contribution is 5.95. The molecule has 0 bridgehead atoms. The van der Waals surface area contributed by atoms with Crippen LogP contribution < -0.4 is 20.7 Å². The maximum absolute atomic E-state index is 12.4. The van der Waals surface area contributed by atoms with Gasteiger partial charge >= 0.3 is 0 Å². The van der Waals surface area contributed by atoms with Crippen LogP contribution in [0.15, 0.2) is 54.6 Å². The van der Waals surface area contributed by atoms with Gasteiger partial charge in [-0.1, -0.05) is 19.1 Å². The predicted molar refractivity (Wildman–Crippen MR) is 126 cm³/mol. The van der Waals surface area contributed by atoms with Crippen molar-refractivity contribution in [1.29, 1.82) is 0 Å². The molecule has 7 heteroatoms. The number of piperidine rings is 1. The van der Waals surface area contributed by atoms with Crippen LogP contribution in [-0.4, -0.2) is 36.0 Å². The quantitative estimate of drug-likeness (QED) is 0.585. The van der Waals surface area contributed by atoms with Crippen molar-refractivity contribution >= 4 is 34.2 Å². The molecule has 1 aliphatic rings. The molecule has 2 heterocycles. The Bertz CT molecular complexity index is 1110. The highest BCUT2D eigenvalue weighted by Crippen LogP contribution is 2.30. The Morgan fingerprint density at radius 2 is 1.94 bits per heavy atom. The Balaban J connectivity index is 1.47. The van der Waals surface area contributed by atoms with E-state index < -0.39 is 5.91 Å². The molecule has 0 aliphatic carbocycles. The Labute approximate surface area is 187 Å². The fraction of sp³-hybridized carbons (Fsp3) is 0.320. The molecular weight excluding hydrogens is 404 g/mol. The minimum absolute atomic E-state index is 0.149. The van der Waals surface area contributed by atoms with Gasteiger partial charge in [0.05, 0.1) is 0 Å². The minimum atomic E-state index is -0.510. The Hall–Kier alpha value is -3.61. The van der Waals surface area contributed by atoms with Crippen LogP contribution in [0, 0.1) is 0 Å². The number of benzene rings is 2. The van der Waals surface area contributed by atoms with Gasteiger partial charge in [-0.25, -0.2) is 4.98 Å². The van der Waals surface area contributed by atoms with Gasteiger partial charge in [-0.05, 0) is 68.1 Å². The summed E-state index contributed by atoms with van der Waals surface area (Å²) in [7, 11) is 0. The predicted octanol–water partition coefficient (Wildman–Crippen LogP) is 4.12. The minimum Gasteiger partial charge on any atom is -0.481 e. The first kappa shape index (κ1) is 21.6. The Morgan fingerprint density at radius 1 is 1.12 bits per heavy atom. The molecular formula is C25H28N4O3. The van der Waals surface area contributed by atoms with Crippen molar-refractivity contribution in [3.8, 4) is 5.75 Å². The van der Waals surface area contributed by atoms with E-state index in [-0.39, 0.29) is 12.5 Å². The van der Waals surface area contributed by atoms with Crippen LogP contribution in [0.3, 0.4) is 0 Å². The number of hydrogen-bond donors (Lipinski definition) is 2. The van der Waals surface area contributed by atoms with Crippen LogP contribution in [0.1, 0.15) is 43.0 Å². The summed E-state index contributed by atoms with van der Waals surface area (Å²) in [5, 5.41) is 3.73. The van der Waals surface area contributed by atoms with Gasteiger partial charge in [0, 0.05) is 29.2 Å². The highest BCUT2D eigenvalue weighted by Gasteiger charge is 2.22. The van der Waals surface area contributed by atoms with Crippen LogP contribution in [0.2, 0.25) is 0 Å². The van der Waals surface area contributed by atoms with Crippen molar-refractivity contribution in [2.45, 2.75) is 38.6 Å². The third kappa shape index (κ3) is 4.82. The SMILES string of the molecule is CCC1CCCCN1c1ccc2cccc(OCC(=O)Nc3ccc(C(N)=O)cc3)c2n1. The number of hydrogen-bond acceptors (Lipinski definition) is 5. The second-order valence-corrected chi connectivity index (χ2v) is 8.03. The van der Waals surface area contributed by atoms with Gasteiger partial charge in [0.25, 0.3) is 5.91 Å². The molecule has 7 nitrogen and oxygen atoms in total. The van der Waals surface area contributed by atoms with Crippen LogP contribution in [-0.2, 0) is 4.79 Å². The number of pyridine rings is 1. The molecule has 1 aliphatic heterocycles. The maximum atomic E-state index is 12.4. The van der Waals surface area contributed by atoms with E-state index in [0.29, 0.717) is 23.0 Å². The number of primary amides is 1. The molecule has 1 aromatic heterocycles. The van der Waals surface area contributed by atoms with Crippen molar-refractivity contribution in [3.63, 3.8) is 0 Å². The third-order valence-electron chi connectivity index (χ3n) is 5.87. The zero-order valence-corrected chi connectivity index (χ0v) is 18.2. The molecule has 32 heavy (non-hydrogen) atoms. The van der Waals surface area contributed by atoms with Gasteiger partial charge in [-0.2, -0.15) is 0 Å². The number of carbonyl (C=O) groups excluding carboxylic acids is 2. The van der Waals surface area contributed by atoms with Gasteiger partial charge < -0.3 is 20.7 Å². The van der Waals surface area contributed by atoms with Gasteiger partial charge in [-0.15, -0.1) is 0 Å². The van der Waals surface area contributed by atoms with E-state index in [0.717, 1.165) is 29.7 Å². The lowest BCUT2D eigenvalue weighted by Gasteiger charge is -2.36. The Morgan fingerprint density at radius 3 is 2.69 bits per heavy atom. The summed E-state index contributed by atoms with van der Waals surface area (Å²) in [6.07, 6.45) is 4.72. The zero-order valence-electron chi connectivity index (χ0n) is 18.2. The van der Waals surface area contributed by atoms with Crippen molar-refractivity contribution in [2.24, 2.45) is 5.73 Å². The van der Waals surface area contributed by atoms with Gasteiger partial charge in [0.2, 0.25) is 5.91 Å². The summed E-state index contributed by atoms with van der Waals surface area (Å²) in [5.74, 6) is 0.726. The van der Waals surface area contributed by atoms with Crippen LogP contribution in [0.5, 0.6) is 5.75 Å². The number of nitrogens with two attached hydrogens (primary N) is 1. The molecule has 1 saturated heterocycles. The number of nitrogens with one attached hydrogen (secondary N) is 1. The standard InChI is InChI=1S/C25H28N4O3/c1-2-20-7-3-4-15-29(20)22-14-11-17-6-5-8-21(24(17)28-22)32-16-23(30)27-19-12-9-18(10-13-19)25(26)31/h5-6,8-14,20H,2-4,7,15-16H2,1H3,(H2,26,31)(H,27,30). The molecule has 2 amide bonds. The van der Waals surface area contributed by atoms with Crippen molar-refractivity contribution < 1.29 is 14.3 Å². The molecule has 3 N–H and O–H groups in total. The second kappa shape index (κ2) is 9.68. The maximum Gasteiger partial charge on any atom is 0.262 e. The van der Waals surface area contributed by atoms with E-state index >= 15 is 0 Å². The summed E-state index contributed by atoms with van der Waals surface area (Å²) in [6, 6.07) is 16.8. The summed E-state index contributed by atoms with van der Waals surface area (Å²) in [4.78, 5) is 30.8. The molecule has 1 fully saturated rings. The molecule has 1 unspecified atom stereocenters. The number of ether oxygens (including phenoxy) is 1. The molecule has 1 atom stereocenters. The average molecular weight is 433 g/mol. The zero-order chi connectivity index (χ0) is 22.5. The molecule has 0 radical (unpaired) electrons. The monoisotopic (exact) mass is 432 g/mol. The van der Waals surface area contributed by atoms with Crippen molar-refractivity contribution in [3.05, 3.63) is 60.2 Å². The summed E-state index contributed by atoms with van der Waals surface area (Å²) >= 11 is 0. The number of rotatable bonds is 7. The van der Waals surface area contributed by atoms with Gasteiger partial charge in [0.1, 0.15) is 17.1 Å². The van der Waals surface area contributed by atoms with Crippen LogP contribution >= 0.6 is 0 Å². The van der Waals surface area contributed by atoms with Crippen molar-refractivity contribution in [1.82, 2.24) is 4.98 Å². The Kier molecular flexibility index (Phi) is 6.54. The molecule has 4 rings (SSSR count). The number of nitrogens with zero attached hydrogens (tertiary/aromatic N) is 2. The van der Waals surface area contributed by atoms with Gasteiger partial charge in [-0.3, -0.25) is 9.59 Å². The normalized spacial score (nSPS) is 16.0. The lowest BCUT2D eigenvalue weighted by molar-refractivity contribution is -0.118. The largest absolute Gasteiger partial charge is 0.481 e. The highest BCUT2D eigenvalue weighted by atomic mass is 16.5. The lowest BCUT2D eigenvalue weighted by atomic mass is 10.00. The van der Waals surface area contributed by atoms with Crippen molar-refractivity contribution in [2.75, 3.05) is 23.4 Å². The van der Waals surface area contributed by atoms with E-state index in [9.17, 15) is 9.59 Å². The van der Waals surface area contributed by atoms with Crippen LogP contribution in [0.25, 0.3) is 10.9 Å². The van der Waals surface area contributed by atoms with E-state index in [4.69, 9.17) is 15.5 Å². The van der Waals surface area contributed by atoms with Crippen LogP contribution in [0.4, 0.5) is 11.5 Å². The fourth-order valence-corrected chi connectivity index (χ4v) is 4.17. The average Bonchev–Trinajstić information content (AvgIpc) is 2.82. The molecule has 3 aromatic rings. The summed E-state index contributed by atoms with van der Waals surface area (Å²) in [6.45, 7) is 3.08. The summed E-state index contributed by atoms with van der Waals surface area (Å²) < 4.78 is 5.84. The van der Waals surface area contributed by atoms with E-state index in [1.807, 2.05) is 18.2 Å². The van der Waals surface area contributed by atoms with E-state index in [1.54, 1.807) is 24.3 Å². The fourth-order valence-electron chi connectivity index (χ4n) is 4.17. The van der Waals surface area contributed by atoms with E-state index in [2.05, 4.69) is 29.3 Å². The number of fused-ring (bicyclic) bond motifs is 1. The smallest absolute Gasteiger partial charge is 0.262 e. The number of carbonyl (C=O) groups is 2. The first-order valence-corrected chi connectivity index (χ1v) is 11.0. The first-order chi connectivity index (χ1) is 15.5. The number of amides is 2. The number of aromatic nitrogens is 1. The number of anilines is 2. The summed E-state index contributed by atoms with van der Waals surface area (Å²) in [5.41, 5.74) is 6.95. The lowest BCUT2D eigenvalue weighted by Crippen LogP contribution is -2.39. The number of para-hydroxylation sites is 1.